The number of amides is 1. The van der Waals surface area contributed by atoms with Crippen LogP contribution in [0.3, 0.4) is 0 Å². The average molecular weight is 373 g/mol. The fourth-order valence-electron chi connectivity index (χ4n) is 2.13. The molecule has 0 unspecified atom stereocenters. The molecule has 0 saturated carbocycles. The van der Waals surface area contributed by atoms with Crippen LogP contribution in [0.5, 0.6) is 5.75 Å². The van der Waals surface area contributed by atoms with Crippen molar-refractivity contribution >= 4 is 23.2 Å². The van der Waals surface area contributed by atoms with Gasteiger partial charge in [-0.2, -0.15) is 0 Å². The summed E-state index contributed by atoms with van der Waals surface area (Å²) in [5.41, 5.74) is 1.23. The molecule has 0 bridgehead atoms. The van der Waals surface area contributed by atoms with E-state index in [-0.39, 0.29) is 24.2 Å². The van der Waals surface area contributed by atoms with Gasteiger partial charge in [0, 0.05) is 16.8 Å². The number of halogens is 4. The molecule has 0 spiro atoms. The van der Waals surface area contributed by atoms with E-state index in [1.165, 1.54) is 12.1 Å². The molecule has 2 rings (SSSR count). The normalized spacial score (nSPS) is 12.5. The zero-order valence-corrected chi connectivity index (χ0v) is 14.0. The largest absolute Gasteiger partial charge is 0.573 e. The molecule has 1 amide bonds. The van der Waals surface area contributed by atoms with Gasteiger partial charge < -0.3 is 15.4 Å². The average Bonchev–Trinajstić information content (AvgIpc) is 2.53. The van der Waals surface area contributed by atoms with Crippen molar-refractivity contribution < 1.29 is 22.7 Å². The number of nitrogens with one attached hydrogen (secondary N) is 2. The smallest absolute Gasteiger partial charge is 0.406 e. The van der Waals surface area contributed by atoms with Gasteiger partial charge in [-0.1, -0.05) is 29.8 Å². The van der Waals surface area contributed by atoms with Gasteiger partial charge in [0.05, 0.1) is 6.54 Å². The zero-order valence-electron chi connectivity index (χ0n) is 13.2. The summed E-state index contributed by atoms with van der Waals surface area (Å²) in [6.07, 6.45) is -4.75. The highest BCUT2D eigenvalue weighted by Gasteiger charge is 2.30. The van der Waals surface area contributed by atoms with Gasteiger partial charge in [-0.15, -0.1) is 13.2 Å². The van der Waals surface area contributed by atoms with Crippen LogP contribution in [0.1, 0.15) is 18.5 Å². The van der Waals surface area contributed by atoms with Gasteiger partial charge in [-0.3, -0.25) is 4.79 Å². The van der Waals surface area contributed by atoms with E-state index < -0.39 is 6.36 Å². The third-order valence-electron chi connectivity index (χ3n) is 3.31. The standard InChI is InChI=1S/C17H16ClF3N2O2/c1-11(14-4-2-3-5-15(14)18)22-10-16(24)23-12-6-8-13(9-7-12)25-17(19,20)21/h2-9,11,22H,10H2,1H3,(H,23,24)/t11-/m1/s1. The lowest BCUT2D eigenvalue weighted by Gasteiger charge is -2.15. The SMILES string of the molecule is C[C@@H](NCC(=O)Nc1ccc(OC(F)(F)F)cc1)c1ccccc1Cl. The van der Waals surface area contributed by atoms with E-state index in [1.807, 2.05) is 25.1 Å². The van der Waals surface area contributed by atoms with Crippen LogP contribution < -0.4 is 15.4 Å². The van der Waals surface area contributed by atoms with Gasteiger partial charge in [-0.05, 0) is 42.8 Å². The summed E-state index contributed by atoms with van der Waals surface area (Å²) in [5, 5.41) is 6.21. The molecule has 25 heavy (non-hydrogen) atoms. The first kappa shape index (κ1) is 19.1. The lowest BCUT2D eigenvalue weighted by atomic mass is 10.1. The lowest BCUT2D eigenvalue weighted by Crippen LogP contribution is -2.30. The maximum Gasteiger partial charge on any atom is 0.573 e. The number of rotatable bonds is 6. The second kappa shape index (κ2) is 8.22. The molecular formula is C17H16ClF3N2O2. The Morgan fingerprint density at radius 1 is 1.16 bits per heavy atom. The van der Waals surface area contributed by atoms with Crippen LogP contribution in [0.4, 0.5) is 18.9 Å². The number of ether oxygens (including phenoxy) is 1. The van der Waals surface area contributed by atoms with Crippen LogP contribution in [0.25, 0.3) is 0 Å². The van der Waals surface area contributed by atoms with Crippen molar-refractivity contribution in [2.24, 2.45) is 0 Å². The monoisotopic (exact) mass is 372 g/mol. The summed E-state index contributed by atoms with van der Waals surface area (Å²) >= 11 is 6.09. The minimum atomic E-state index is -4.75. The number of carbonyl (C=O) groups is 1. The molecule has 2 aromatic carbocycles. The number of hydrogen-bond acceptors (Lipinski definition) is 3. The van der Waals surface area contributed by atoms with E-state index in [0.717, 1.165) is 17.7 Å². The van der Waals surface area contributed by atoms with Gasteiger partial charge >= 0.3 is 6.36 Å². The highest BCUT2D eigenvalue weighted by Crippen LogP contribution is 2.24. The van der Waals surface area contributed by atoms with Crippen molar-refractivity contribution in [2.45, 2.75) is 19.3 Å². The summed E-state index contributed by atoms with van der Waals surface area (Å²) in [6, 6.07) is 12.1. The van der Waals surface area contributed by atoms with Gasteiger partial charge in [-0.25, -0.2) is 0 Å². The molecule has 0 aromatic heterocycles. The number of alkyl halides is 3. The van der Waals surface area contributed by atoms with Crippen molar-refractivity contribution in [3.63, 3.8) is 0 Å². The Morgan fingerprint density at radius 3 is 2.40 bits per heavy atom. The number of benzene rings is 2. The van der Waals surface area contributed by atoms with Crippen LogP contribution in [0, 0.1) is 0 Å². The topological polar surface area (TPSA) is 50.4 Å². The number of carbonyl (C=O) groups excluding carboxylic acids is 1. The van der Waals surface area contributed by atoms with Crippen molar-refractivity contribution in [2.75, 3.05) is 11.9 Å². The van der Waals surface area contributed by atoms with E-state index in [2.05, 4.69) is 15.4 Å². The van der Waals surface area contributed by atoms with E-state index in [4.69, 9.17) is 11.6 Å². The molecule has 0 heterocycles. The Morgan fingerprint density at radius 2 is 1.80 bits per heavy atom. The van der Waals surface area contributed by atoms with E-state index >= 15 is 0 Å². The van der Waals surface area contributed by atoms with Crippen LogP contribution in [0.15, 0.2) is 48.5 Å². The van der Waals surface area contributed by atoms with Crippen LogP contribution in [-0.4, -0.2) is 18.8 Å². The molecule has 134 valence electrons. The zero-order chi connectivity index (χ0) is 18.4. The fourth-order valence-corrected chi connectivity index (χ4v) is 2.43. The van der Waals surface area contributed by atoms with Crippen molar-refractivity contribution in [1.29, 1.82) is 0 Å². The van der Waals surface area contributed by atoms with E-state index in [9.17, 15) is 18.0 Å². The number of hydrogen-bond donors (Lipinski definition) is 2. The fraction of sp³-hybridized carbons (Fsp3) is 0.235. The Balaban J connectivity index is 1.85. The number of anilines is 1. The predicted octanol–water partition coefficient (Wildman–Crippen LogP) is 4.53. The molecule has 0 fully saturated rings. The summed E-state index contributed by atoms with van der Waals surface area (Å²) in [5.74, 6) is -0.681. The first-order valence-electron chi connectivity index (χ1n) is 7.38. The third kappa shape index (κ3) is 6.28. The summed E-state index contributed by atoms with van der Waals surface area (Å²) in [7, 11) is 0. The van der Waals surface area contributed by atoms with Crippen molar-refractivity contribution in [1.82, 2.24) is 5.32 Å². The molecule has 0 aliphatic heterocycles. The lowest BCUT2D eigenvalue weighted by molar-refractivity contribution is -0.274. The molecule has 0 saturated heterocycles. The third-order valence-corrected chi connectivity index (χ3v) is 3.66. The second-order valence-corrected chi connectivity index (χ2v) is 5.65. The highest BCUT2D eigenvalue weighted by molar-refractivity contribution is 6.31. The Hall–Kier alpha value is -2.25. The second-order valence-electron chi connectivity index (χ2n) is 5.24. The Bertz CT molecular complexity index is 721. The summed E-state index contributed by atoms with van der Waals surface area (Å²) < 4.78 is 40.0. The molecule has 0 aliphatic rings. The quantitative estimate of drug-likeness (QED) is 0.783. The Labute approximate surface area is 147 Å². The van der Waals surface area contributed by atoms with Gasteiger partial charge in [0.15, 0.2) is 0 Å². The molecule has 2 N–H and O–H groups in total. The maximum absolute atomic E-state index is 12.1. The molecule has 8 heteroatoms. The van der Waals surface area contributed by atoms with E-state index in [0.29, 0.717) is 10.7 Å². The molecule has 0 radical (unpaired) electrons. The maximum atomic E-state index is 12.1. The van der Waals surface area contributed by atoms with Gasteiger partial charge in [0.25, 0.3) is 0 Å². The predicted molar refractivity (Wildman–Crippen MR) is 89.6 cm³/mol. The summed E-state index contributed by atoms with van der Waals surface area (Å²) in [4.78, 5) is 11.9. The molecule has 0 aliphatic carbocycles. The highest BCUT2D eigenvalue weighted by atomic mass is 35.5. The minimum absolute atomic E-state index is 0.0210. The molecule has 4 nitrogen and oxygen atoms in total. The van der Waals surface area contributed by atoms with Crippen LogP contribution >= 0.6 is 11.6 Å². The molecule has 2 aromatic rings. The first-order valence-corrected chi connectivity index (χ1v) is 7.76. The van der Waals surface area contributed by atoms with Crippen molar-refractivity contribution in [3.8, 4) is 5.75 Å². The summed E-state index contributed by atoms with van der Waals surface area (Å²) in [6.45, 7) is 1.89. The van der Waals surface area contributed by atoms with E-state index in [1.54, 1.807) is 6.07 Å². The van der Waals surface area contributed by atoms with Crippen LogP contribution in [0.2, 0.25) is 5.02 Å². The molecular weight excluding hydrogens is 357 g/mol. The molecule has 1 atom stereocenters. The van der Waals surface area contributed by atoms with Crippen molar-refractivity contribution in [3.05, 3.63) is 59.1 Å². The first-order chi connectivity index (χ1) is 11.7. The Kier molecular flexibility index (Phi) is 6.27. The van der Waals surface area contributed by atoms with Crippen LogP contribution in [-0.2, 0) is 4.79 Å². The van der Waals surface area contributed by atoms with Gasteiger partial charge in [0.2, 0.25) is 5.91 Å². The minimum Gasteiger partial charge on any atom is -0.406 e. The van der Waals surface area contributed by atoms with Gasteiger partial charge in [0.1, 0.15) is 5.75 Å².